The van der Waals surface area contributed by atoms with Gasteiger partial charge in [-0.25, -0.2) is 0 Å². The molecule has 0 spiro atoms. The van der Waals surface area contributed by atoms with E-state index in [4.69, 9.17) is 18.9 Å². The summed E-state index contributed by atoms with van der Waals surface area (Å²) in [5.74, 6) is 1.55. The summed E-state index contributed by atoms with van der Waals surface area (Å²) >= 11 is 0. The van der Waals surface area contributed by atoms with Gasteiger partial charge in [0.1, 0.15) is 11.5 Å². The van der Waals surface area contributed by atoms with Crippen molar-refractivity contribution < 1.29 is 18.9 Å². The van der Waals surface area contributed by atoms with Gasteiger partial charge in [0.2, 0.25) is 5.95 Å². The van der Waals surface area contributed by atoms with Crippen molar-refractivity contribution in [3.05, 3.63) is 18.2 Å². The Balaban J connectivity index is 2.33. The zero-order valence-corrected chi connectivity index (χ0v) is 12.2. The smallest absolute Gasteiger partial charge is 0.324 e. The van der Waals surface area contributed by atoms with E-state index in [9.17, 15) is 0 Å². The average molecular weight is 292 g/mol. The van der Waals surface area contributed by atoms with Gasteiger partial charge in [0, 0.05) is 6.07 Å². The molecule has 2 aromatic rings. The number of anilines is 2. The number of benzene rings is 1. The molecule has 0 unspecified atom stereocenters. The third kappa shape index (κ3) is 3.41. The van der Waals surface area contributed by atoms with Gasteiger partial charge in [0.05, 0.1) is 34.1 Å². The van der Waals surface area contributed by atoms with Gasteiger partial charge in [0.15, 0.2) is 0 Å². The van der Waals surface area contributed by atoms with Crippen molar-refractivity contribution in [2.75, 3.05) is 33.8 Å². The first-order valence-corrected chi connectivity index (χ1v) is 6.03. The highest BCUT2D eigenvalue weighted by molar-refractivity contribution is 5.64. The summed E-state index contributed by atoms with van der Waals surface area (Å²) in [6.45, 7) is 0. The summed E-state index contributed by atoms with van der Waals surface area (Å²) in [6.07, 6.45) is 0. The summed E-state index contributed by atoms with van der Waals surface area (Å²) < 4.78 is 20.4. The molecule has 8 heteroatoms. The van der Waals surface area contributed by atoms with Crippen LogP contribution in [-0.2, 0) is 0 Å². The molecule has 1 aromatic heterocycles. The van der Waals surface area contributed by atoms with E-state index >= 15 is 0 Å². The third-order valence-electron chi connectivity index (χ3n) is 2.61. The molecule has 0 aliphatic rings. The van der Waals surface area contributed by atoms with Crippen molar-refractivity contribution in [2.45, 2.75) is 0 Å². The first kappa shape index (κ1) is 14.6. The van der Waals surface area contributed by atoms with E-state index in [1.54, 1.807) is 32.4 Å². The first-order valence-electron chi connectivity index (χ1n) is 6.03. The molecule has 0 fully saturated rings. The quantitative estimate of drug-likeness (QED) is 0.860. The molecule has 2 rings (SSSR count). The van der Waals surface area contributed by atoms with Crippen LogP contribution in [0.2, 0.25) is 0 Å². The van der Waals surface area contributed by atoms with Crippen LogP contribution in [0.25, 0.3) is 0 Å². The van der Waals surface area contributed by atoms with E-state index < -0.39 is 0 Å². The molecule has 0 amide bonds. The molecule has 1 N–H and O–H groups in total. The fourth-order valence-corrected chi connectivity index (χ4v) is 1.60. The van der Waals surface area contributed by atoms with E-state index in [0.29, 0.717) is 17.2 Å². The van der Waals surface area contributed by atoms with Crippen LogP contribution in [-0.4, -0.2) is 43.4 Å². The summed E-state index contributed by atoms with van der Waals surface area (Å²) in [7, 11) is 6.08. The lowest BCUT2D eigenvalue weighted by Gasteiger charge is -2.12. The minimum atomic E-state index is 0.150. The lowest BCUT2D eigenvalue weighted by molar-refractivity contribution is 0.341. The molecule has 1 aromatic carbocycles. The van der Waals surface area contributed by atoms with Crippen LogP contribution in [0.4, 0.5) is 11.6 Å². The number of hydrogen-bond acceptors (Lipinski definition) is 8. The Bertz CT molecular complexity index is 599. The molecule has 0 atom stereocenters. The fraction of sp³-hybridized carbons (Fsp3) is 0.308. The monoisotopic (exact) mass is 292 g/mol. The van der Waals surface area contributed by atoms with Gasteiger partial charge in [0.25, 0.3) is 0 Å². The van der Waals surface area contributed by atoms with E-state index in [1.165, 1.54) is 14.2 Å². The van der Waals surface area contributed by atoms with Gasteiger partial charge in [-0.3, -0.25) is 0 Å². The van der Waals surface area contributed by atoms with E-state index in [-0.39, 0.29) is 18.0 Å². The molecule has 0 aliphatic carbocycles. The second kappa shape index (κ2) is 6.60. The highest BCUT2D eigenvalue weighted by atomic mass is 16.5. The normalized spacial score (nSPS) is 9.90. The number of ether oxygens (including phenoxy) is 4. The molecule has 0 radical (unpaired) electrons. The standard InChI is InChI=1S/C13H16N4O4/c1-18-8-5-6-9(10(7-8)19-2)14-11-15-12(20-3)17-13(16-11)21-4/h5-7H,1-4H3,(H,14,15,16,17). The second-order valence-electron chi connectivity index (χ2n) is 3.82. The highest BCUT2D eigenvalue weighted by Gasteiger charge is 2.10. The van der Waals surface area contributed by atoms with Crippen LogP contribution >= 0.6 is 0 Å². The molecule has 0 aliphatic heterocycles. The van der Waals surface area contributed by atoms with E-state index in [1.807, 2.05) is 0 Å². The third-order valence-corrected chi connectivity index (χ3v) is 2.61. The minimum Gasteiger partial charge on any atom is -0.497 e. The Morgan fingerprint density at radius 3 is 2.00 bits per heavy atom. The Hall–Kier alpha value is -2.77. The zero-order chi connectivity index (χ0) is 15.2. The van der Waals surface area contributed by atoms with Gasteiger partial charge in [-0.1, -0.05) is 0 Å². The summed E-state index contributed by atoms with van der Waals surface area (Å²) in [5.41, 5.74) is 0.675. The van der Waals surface area contributed by atoms with Crippen molar-refractivity contribution in [3.8, 4) is 23.5 Å². The maximum absolute atomic E-state index is 5.30. The van der Waals surface area contributed by atoms with Crippen LogP contribution in [0.1, 0.15) is 0 Å². The second-order valence-corrected chi connectivity index (χ2v) is 3.82. The van der Waals surface area contributed by atoms with Crippen LogP contribution < -0.4 is 24.3 Å². The molecule has 1 heterocycles. The van der Waals surface area contributed by atoms with E-state index in [0.717, 1.165) is 0 Å². The summed E-state index contributed by atoms with van der Waals surface area (Å²) in [6, 6.07) is 5.63. The Kier molecular flexibility index (Phi) is 4.60. The molecule has 0 bridgehead atoms. The minimum absolute atomic E-state index is 0.150. The maximum atomic E-state index is 5.30. The van der Waals surface area contributed by atoms with Gasteiger partial charge >= 0.3 is 12.0 Å². The SMILES string of the molecule is COc1ccc(Nc2nc(OC)nc(OC)n2)c(OC)c1. The lowest BCUT2D eigenvalue weighted by Crippen LogP contribution is -2.04. The number of nitrogens with one attached hydrogen (secondary N) is 1. The van der Waals surface area contributed by atoms with Crippen LogP contribution in [0, 0.1) is 0 Å². The molecule has 8 nitrogen and oxygen atoms in total. The van der Waals surface area contributed by atoms with Gasteiger partial charge < -0.3 is 24.3 Å². The highest BCUT2D eigenvalue weighted by Crippen LogP contribution is 2.31. The van der Waals surface area contributed by atoms with Gasteiger partial charge in [-0.2, -0.15) is 9.97 Å². The molecule has 112 valence electrons. The van der Waals surface area contributed by atoms with Crippen molar-refractivity contribution in [2.24, 2.45) is 0 Å². The van der Waals surface area contributed by atoms with Crippen molar-refractivity contribution in [1.29, 1.82) is 0 Å². The number of methoxy groups -OCH3 is 4. The predicted octanol–water partition coefficient (Wildman–Crippen LogP) is 1.65. The zero-order valence-electron chi connectivity index (χ0n) is 12.2. The lowest BCUT2D eigenvalue weighted by atomic mass is 10.2. The molecular formula is C13H16N4O4. The van der Waals surface area contributed by atoms with Crippen LogP contribution in [0.15, 0.2) is 18.2 Å². The Morgan fingerprint density at radius 2 is 1.48 bits per heavy atom. The molecule has 0 saturated carbocycles. The molecule has 0 saturated heterocycles. The predicted molar refractivity (Wildman–Crippen MR) is 75.8 cm³/mol. The van der Waals surface area contributed by atoms with E-state index in [2.05, 4.69) is 20.3 Å². The van der Waals surface area contributed by atoms with Crippen molar-refractivity contribution >= 4 is 11.6 Å². The average Bonchev–Trinajstić information content (AvgIpc) is 2.54. The van der Waals surface area contributed by atoms with Crippen molar-refractivity contribution in [3.63, 3.8) is 0 Å². The summed E-state index contributed by atoms with van der Waals surface area (Å²) in [5, 5.41) is 3.02. The summed E-state index contributed by atoms with van der Waals surface area (Å²) in [4.78, 5) is 12.1. The first-order chi connectivity index (χ1) is 10.2. The fourth-order valence-electron chi connectivity index (χ4n) is 1.60. The number of aromatic nitrogens is 3. The number of rotatable bonds is 6. The van der Waals surface area contributed by atoms with Crippen LogP contribution in [0.3, 0.4) is 0 Å². The molecular weight excluding hydrogens is 276 g/mol. The topological polar surface area (TPSA) is 87.6 Å². The van der Waals surface area contributed by atoms with Crippen molar-refractivity contribution in [1.82, 2.24) is 15.0 Å². The maximum Gasteiger partial charge on any atom is 0.324 e. The Labute approximate surface area is 122 Å². The Morgan fingerprint density at radius 1 is 0.810 bits per heavy atom. The van der Waals surface area contributed by atoms with Gasteiger partial charge in [-0.15, -0.1) is 4.98 Å². The molecule has 21 heavy (non-hydrogen) atoms. The van der Waals surface area contributed by atoms with Crippen LogP contribution in [0.5, 0.6) is 23.5 Å². The van der Waals surface area contributed by atoms with Gasteiger partial charge in [-0.05, 0) is 12.1 Å². The number of nitrogens with zero attached hydrogens (tertiary/aromatic N) is 3. The largest absolute Gasteiger partial charge is 0.497 e. The number of hydrogen-bond donors (Lipinski definition) is 1.